The van der Waals surface area contributed by atoms with E-state index in [0.717, 1.165) is 47.5 Å². The summed E-state index contributed by atoms with van der Waals surface area (Å²) in [5.41, 5.74) is 2.12. The molecule has 10 heteroatoms. The van der Waals surface area contributed by atoms with Gasteiger partial charge in [0.2, 0.25) is 11.8 Å². The monoisotopic (exact) mass is 675 g/mol. The average Bonchev–Trinajstić information content (AvgIpc) is 3.07. The molecule has 5 rings (SSSR count). The predicted octanol–water partition coefficient (Wildman–Crippen LogP) is 7.07. The normalized spacial score (nSPS) is 14.3. The fraction of sp³-hybridized carbons (Fsp3) is 0.297. The van der Waals surface area contributed by atoms with Gasteiger partial charge in [-0.1, -0.05) is 97.1 Å². The molecule has 0 radical (unpaired) electrons. The highest BCUT2D eigenvalue weighted by molar-refractivity contribution is 7.92. The Morgan fingerprint density at radius 2 is 1.51 bits per heavy atom. The van der Waals surface area contributed by atoms with Gasteiger partial charge in [0.15, 0.2) is 0 Å². The molecular weight excluding hydrogens is 637 g/mol. The third-order valence-electron chi connectivity index (χ3n) is 8.52. The highest BCUT2D eigenvalue weighted by atomic mass is 35.5. The lowest BCUT2D eigenvalue weighted by molar-refractivity contribution is -0.140. The van der Waals surface area contributed by atoms with Gasteiger partial charge in [0.05, 0.1) is 10.6 Å². The molecule has 0 heterocycles. The summed E-state index contributed by atoms with van der Waals surface area (Å²) in [6, 6.07) is 26.8. The molecule has 0 aliphatic heterocycles. The van der Waals surface area contributed by atoms with E-state index in [-0.39, 0.29) is 41.1 Å². The lowest BCUT2D eigenvalue weighted by Gasteiger charge is -2.35. The molecule has 1 aliphatic rings. The molecule has 0 spiro atoms. The average molecular weight is 676 g/mol. The number of hydrogen-bond acceptors (Lipinski definition) is 4. The second-order valence-electron chi connectivity index (χ2n) is 12.0. The smallest absolute Gasteiger partial charge is 0.264 e. The molecule has 0 aromatic heterocycles. The van der Waals surface area contributed by atoms with E-state index >= 15 is 4.39 Å². The lowest BCUT2D eigenvalue weighted by atomic mass is 9.94. The van der Waals surface area contributed by atoms with Crippen LogP contribution in [0.3, 0.4) is 0 Å². The lowest BCUT2D eigenvalue weighted by Crippen LogP contribution is -2.55. The number of sulfonamides is 1. The van der Waals surface area contributed by atoms with Gasteiger partial charge in [0, 0.05) is 29.6 Å². The van der Waals surface area contributed by atoms with E-state index in [4.69, 9.17) is 11.6 Å². The minimum absolute atomic E-state index is 0.00220. The highest BCUT2D eigenvalue weighted by Crippen LogP contribution is 2.27. The van der Waals surface area contributed by atoms with Crippen LogP contribution in [0.2, 0.25) is 5.02 Å². The molecule has 1 aliphatic carbocycles. The SMILES string of the molecule is Cc1ccc(S(=O)(=O)N(CC(=O)N(Cc2ccccc2F)C(Cc2ccccc2)C(=O)NC2CCCCC2)c2ccc(Cl)cc2)cc1. The summed E-state index contributed by atoms with van der Waals surface area (Å²) in [5.74, 6) is -1.54. The predicted molar refractivity (Wildman–Crippen MR) is 183 cm³/mol. The van der Waals surface area contributed by atoms with Gasteiger partial charge in [-0.25, -0.2) is 12.8 Å². The van der Waals surface area contributed by atoms with Crippen LogP contribution in [0.5, 0.6) is 0 Å². The number of anilines is 1. The maximum absolute atomic E-state index is 15.1. The zero-order chi connectivity index (χ0) is 33.4. The van der Waals surface area contributed by atoms with Crippen LogP contribution in [-0.4, -0.2) is 43.8 Å². The fourth-order valence-corrected chi connectivity index (χ4v) is 7.42. The molecule has 47 heavy (non-hydrogen) atoms. The maximum atomic E-state index is 15.1. The van der Waals surface area contributed by atoms with Crippen molar-refractivity contribution in [2.24, 2.45) is 0 Å². The van der Waals surface area contributed by atoms with E-state index in [1.807, 2.05) is 37.3 Å². The van der Waals surface area contributed by atoms with Crippen molar-refractivity contribution in [2.45, 2.75) is 69.0 Å². The van der Waals surface area contributed by atoms with Crippen LogP contribution in [0.1, 0.15) is 48.8 Å². The molecule has 1 N–H and O–H groups in total. The number of rotatable bonds is 12. The Balaban J connectivity index is 1.56. The minimum Gasteiger partial charge on any atom is -0.352 e. The van der Waals surface area contributed by atoms with Crippen molar-refractivity contribution in [2.75, 3.05) is 10.8 Å². The van der Waals surface area contributed by atoms with Crippen LogP contribution >= 0.6 is 11.6 Å². The van der Waals surface area contributed by atoms with E-state index in [1.165, 1.54) is 35.2 Å². The van der Waals surface area contributed by atoms with Gasteiger partial charge < -0.3 is 10.2 Å². The highest BCUT2D eigenvalue weighted by Gasteiger charge is 2.35. The van der Waals surface area contributed by atoms with Crippen LogP contribution in [0, 0.1) is 12.7 Å². The quantitative estimate of drug-likeness (QED) is 0.174. The second-order valence-corrected chi connectivity index (χ2v) is 14.3. The summed E-state index contributed by atoms with van der Waals surface area (Å²) >= 11 is 6.14. The number of carbonyl (C=O) groups is 2. The van der Waals surface area contributed by atoms with Crippen LogP contribution in [-0.2, 0) is 32.6 Å². The van der Waals surface area contributed by atoms with Crippen molar-refractivity contribution in [3.8, 4) is 0 Å². The molecular formula is C37H39ClFN3O4S. The molecule has 4 aromatic carbocycles. The van der Waals surface area contributed by atoms with Gasteiger partial charge in [0.1, 0.15) is 18.4 Å². The zero-order valence-corrected chi connectivity index (χ0v) is 27.9. The number of hydrogen-bond donors (Lipinski definition) is 1. The van der Waals surface area contributed by atoms with Crippen molar-refractivity contribution < 1.29 is 22.4 Å². The number of amides is 2. The van der Waals surface area contributed by atoms with Gasteiger partial charge in [-0.05, 0) is 67.8 Å². The first-order valence-electron chi connectivity index (χ1n) is 15.8. The standard InChI is InChI=1S/C37H39ClFN3O4S/c1-27-16-22-33(23-17-27)47(45,46)42(32-20-18-30(38)19-21-32)26-36(43)41(25-29-12-8-9-15-34(29)39)35(24-28-10-4-2-5-11-28)37(44)40-31-13-6-3-7-14-31/h2,4-5,8-12,15-23,31,35H,3,6-7,13-14,24-26H2,1H3,(H,40,44). The molecule has 1 fully saturated rings. The van der Waals surface area contributed by atoms with E-state index in [2.05, 4.69) is 5.32 Å². The number of carbonyl (C=O) groups excluding carboxylic acids is 2. The summed E-state index contributed by atoms with van der Waals surface area (Å²) in [6.07, 6.45) is 4.94. The summed E-state index contributed by atoms with van der Waals surface area (Å²) in [4.78, 5) is 30.0. The third-order valence-corrected chi connectivity index (χ3v) is 10.6. The molecule has 0 saturated heterocycles. The molecule has 1 unspecified atom stereocenters. The Kier molecular flexibility index (Phi) is 11.3. The Morgan fingerprint density at radius 3 is 2.17 bits per heavy atom. The molecule has 0 bridgehead atoms. The first kappa shape index (κ1) is 34.1. The van der Waals surface area contributed by atoms with Crippen molar-refractivity contribution in [1.82, 2.24) is 10.2 Å². The number of halogens is 2. The van der Waals surface area contributed by atoms with E-state index in [1.54, 1.807) is 42.5 Å². The summed E-state index contributed by atoms with van der Waals surface area (Å²) in [7, 11) is -4.25. The Hall–Kier alpha value is -4.21. The first-order chi connectivity index (χ1) is 22.6. The Morgan fingerprint density at radius 1 is 0.872 bits per heavy atom. The maximum Gasteiger partial charge on any atom is 0.264 e. The molecule has 1 atom stereocenters. The van der Waals surface area contributed by atoms with Gasteiger partial charge in [-0.3, -0.25) is 13.9 Å². The number of nitrogens with zero attached hydrogens (tertiary/aromatic N) is 2. The summed E-state index contributed by atoms with van der Waals surface area (Å²) in [6.45, 7) is 0.983. The number of aryl methyl sites for hydroxylation is 1. The molecule has 7 nitrogen and oxygen atoms in total. The van der Waals surface area contributed by atoms with Gasteiger partial charge in [-0.2, -0.15) is 0 Å². The van der Waals surface area contributed by atoms with Crippen molar-refractivity contribution >= 4 is 39.1 Å². The van der Waals surface area contributed by atoms with E-state index in [9.17, 15) is 18.0 Å². The summed E-state index contributed by atoms with van der Waals surface area (Å²) < 4.78 is 44.4. The van der Waals surface area contributed by atoms with Gasteiger partial charge in [0.25, 0.3) is 10.0 Å². The van der Waals surface area contributed by atoms with Crippen LogP contribution in [0.15, 0.2) is 108 Å². The Bertz CT molecular complexity index is 1760. The molecule has 1 saturated carbocycles. The largest absolute Gasteiger partial charge is 0.352 e. The second kappa shape index (κ2) is 15.6. The zero-order valence-electron chi connectivity index (χ0n) is 26.3. The van der Waals surface area contributed by atoms with Crippen molar-refractivity contribution in [3.05, 3.63) is 131 Å². The topological polar surface area (TPSA) is 86.8 Å². The molecule has 4 aromatic rings. The Labute approximate surface area is 281 Å². The number of benzene rings is 4. The molecule has 246 valence electrons. The van der Waals surface area contributed by atoms with E-state index < -0.39 is 34.3 Å². The van der Waals surface area contributed by atoms with E-state index in [0.29, 0.717) is 5.02 Å². The van der Waals surface area contributed by atoms with Crippen molar-refractivity contribution in [3.63, 3.8) is 0 Å². The summed E-state index contributed by atoms with van der Waals surface area (Å²) in [5, 5.41) is 3.55. The first-order valence-corrected chi connectivity index (χ1v) is 17.7. The fourth-order valence-electron chi connectivity index (χ4n) is 5.88. The molecule has 2 amide bonds. The van der Waals surface area contributed by atoms with Crippen LogP contribution in [0.4, 0.5) is 10.1 Å². The number of nitrogens with one attached hydrogen (secondary N) is 1. The minimum atomic E-state index is -4.25. The van der Waals surface area contributed by atoms with Gasteiger partial charge >= 0.3 is 0 Å². The van der Waals surface area contributed by atoms with Crippen LogP contribution in [0.25, 0.3) is 0 Å². The van der Waals surface area contributed by atoms with Gasteiger partial charge in [-0.15, -0.1) is 0 Å². The third kappa shape index (κ3) is 8.78. The van der Waals surface area contributed by atoms with Crippen molar-refractivity contribution in [1.29, 1.82) is 0 Å². The van der Waals surface area contributed by atoms with Crippen LogP contribution < -0.4 is 9.62 Å².